The van der Waals surface area contributed by atoms with Crippen LogP contribution in [0.1, 0.15) is 37.6 Å². The number of amides is 1. The minimum atomic E-state index is -0.590. The number of rotatable bonds is 2. The van der Waals surface area contributed by atoms with Gasteiger partial charge >= 0.3 is 0 Å². The van der Waals surface area contributed by atoms with E-state index in [4.69, 9.17) is 5.26 Å². The fraction of sp³-hybridized carbons (Fsp3) is 0.389. The molecule has 8 heteroatoms. The van der Waals surface area contributed by atoms with Crippen molar-refractivity contribution in [2.75, 3.05) is 16.8 Å². The number of nitrogens with one attached hydrogen (secondary N) is 1. The number of pyridine rings is 1. The van der Waals surface area contributed by atoms with Gasteiger partial charge in [0.2, 0.25) is 17.7 Å². The average Bonchev–Trinajstić information content (AvgIpc) is 2.60. The third-order valence-corrected chi connectivity index (χ3v) is 4.15. The normalized spacial score (nSPS) is 13.7. The van der Waals surface area contributed by atoms with Gasteiger partial charge in [-0.15, -0.1) is 0 Å². The first-order chi connectivity index (χ1) is 12.3. The molecule has 2 aromatic rings. The Morgan fingerprint density at radius 3 is 2.73 bits per heavy atom. The Balaban J connectivity index is 1.84. The van der Waals surface area contributed by atoms with Gasteiger partial charge in [-0.1, -0.05) is 20.8 Å². The van der Waals surface area contributed by atoms with Crippen molar-refractivity contribution in [3.8, 4) is 11.9 Å². The summed E-state index contributed by atoms with van der Waals surface area (Å²) in [6.45, 7) is 6.45. The monoisotopic (exact) mass is 352 g/mol. The molecule has 0 saturated heterocycles. The van der Waals surface area contributed by atoms with Crippen LogP contribution in [-0.2, 0) is 17.8 Å². The minimum absolute atomic E-state index is 0.0933. The molecule has 1 aliphatic rings. The first kappa shape index (κ1) is 17.6. The zero-order valence-electron chi connectivity index (χ0n) is 14.9. The molecular formula is C18H20N6O2. The summed E-state index contributed by atoms with van der Waals surface area (Å²) >= 11 is 0. The van der Waals surface area contributed by atoms with Crippen molar-refractivity contribution in [2.45, 2.75) is 33.7 Å². The summed E-state index contributed by atoms with van der Waals surface area (Å²) in [5, 5.41) is 21.7. The highest BCUT2D eigenvalue weighted by atomic mass is 16.3. The highest BCUT2D eigenvalue weighted by Crippen LogP contribution is 2.28. The van der Waals surface area contributed by atoms with Gasteiger partial charge in [-0.2, -0.15) is 10.2 Å². The molecule has 3 heterocycles. The predicted molar refractivity (Wildman–Crippen MR) is 95.5 cm³/mol. The van der Waals surface area contributed by atoms with Crippen molar-refractivity contribution in [2.24, 2.45) is 5.41 Å². The molecule has 0 radical (unpaired) electrons. The van der Waals surface area contributed by atoms with Gasteiger partial charge < -0.3 is 10.0 Å². The number of hydrogen-bond acceptors (Lipinski definition) is 7. The molecule has 0 aliphatic carbocycles. The molecule has 2 N–H and O–H groups in total. The van der Waals surface area contributed by atoms with Crippen LogP contribution in [0.4, 0.5) is 11.8 Å². The summed E-state index contributed by atoms with van der Waals surface area (Å²) in [6, 6.07) is 5.54. The highest BCUT2D eigenvalue weighted by Gasteiger charge is 2.26. The van der Waals surface area contributed by atoms with Crippen molar-refractivity contribution in [3.05, 3.63) is 35.2 Å². The zero-order valence-corrected chi connectivity index (χ0v) is 14.9. The van der Waals surface area contributed by atoms with Crippen molar-refractivity contribution in [3.63, 3.8) is 0 Å². The van der Waals surface area contributed by atoms with E-state index in [-0.39, 0.29) is 17.7 Å². The number of nitrogens with zero attached hydrogens (tertiary/aromatic N) is 5. The molecule has 0 fully saturated rings. The smallest absolute Gasteiger partial charge is 0.233 e. The molecule has 3 rings (SSSR count). The van der Waals surface area contributed by atoms with Gasteiger partial charge in [-0.25, -0.2) is 9.97 Å². The van der Waals surface area contributed by atoms with E-state index in [0.717, 1.165) is 5.82 Å². The second-order valence-electron chi connectivity index (χ2n) is 7.19. The fourth-order valence-corrected chi connectivity index (χ4v) is 2.59. The summed E-state index contributed by atoms with van der Waals surface area (Å²) in [6.07, 6.45) is 2.09. The first-order valence-corrected chi connectivity index (χ1v) is 8.29. The van der Waals surface area contributed by atoms with Gasteiger partial charge in [-0.3, -0.25) is 10.1 Å². The predicted octanol–water partition coefficient (Wildman–Crippen LogP) is 2.00. The molecule has 1 aliphatic heterocycles. The van der Waals surface area contributed by atoms with Gasteiger partial charge in [0, 0.05) is 23.7 Å². The maximum absolute atomic E-state index is 12.1. The Kier molecular flexibility index (Phi) is 4.47. The molecule has 0 atom stereocenters. The van der Waals surface area contributed by atoms with Crippen LogP contribution in [0.15, 0.2) is 18.3 Å². The van der Waals surface area contributed by atoms with Gasteiger partial charge in [0.25, 0.3) is 0 Å². The number of fused-ring (bicyclic) bond motifs is 1. The second-order valence-corrected chi connectivity index (χ2v) is 7.19. The Morgan fingerprint density at radius 2 is 2.12 bits per heavy atom. The molecule has 0 unspecified atom stereocenters. The number of aromatic nitrogens is 3. The molecule has 1 amide bonds. The largest absolute Gasteiger partial charge is 0.493 e. The molecule has 134 valence electrons. The molecule has 8 nitrogen and oxygen atoms in total. The number of nitriles is 1. The van der Waals surface area contributed by atoms with Gasteiger partial charge in [0.1, 0.15) is 11.9 Å². The van der Waals surface area contributed by atoms with Crippen LogP contribution in [0.3, 0.4) is 0 Å². The van der Waals surface area contributed by atoms with E-state index in [1.54, 1.807) is 32.9 Å². The fourth-order valence-electron chi connectivity index (χ4n) is 2.59. The molecule has 0 saturated carbocycles. The molecular weight excluding hydrogens is 332 g/mol. The SMILES string of the molecule is CC(C)(C)C(=O)Nc1nc(O)c2c(n1)CN(c1ccc(C#N)cn1)CC2. The van der Waals surface area contributed by atoms with Crippen LogP contribution in [0, 0.1) is 16.7 Å². The molecule has 0 spiro atoms. The summed E-state index contributed by atoms with van der Waals surface area (Å²) in [4.78, 5) is 26.9. The van der Waals surface area contributed by atoms with Crippen LogP contribution in [-0.4, -0.2) is 32.5 Å². The Morgan fingerprint density at radius 1 is 1.35 bits per heavy atom. The third kappa shape index (κ3) is 3.57. The van der Waals surface area contributed by atoms with Crippen LogP contribution in [0.5, 0.6) is 5.88 Å². The van der Waals surface area contributed by atoms with Crippen LogP contribution >= 0.6 is 0 Å². The standard InChI is InChI=1S/C18H20N6O2/c1-18(2,3)16(26)23-17-21-13-10-24(7-6-12(13)15(25)22-17)14-5-4-11(8-19)9-20-14/h4-5,9H,6-7,10H2,1-3H3,(H2,21,22,23,25,26). The molecule has 26 heavy (non-hydrogen) atoms. The van der Waals surface area contributed by atoms with Crippen LogP contribution in [0.2, 0.25) is 0 Å². The van der Waals surface area contributed by atoms with E-state index in [2.05, 4.69) is 20.3 Å². The topological polar surface area (TPSA) is 115 Å². The van der Waals surface area contributed by atoms with Crippen LogP contribution < -0.4 is 10.2 Å². The number of aromatic hydroxyl groups is 1. The number of carbonyl (C=O) groups is 1. The van der Waals surface area contributed by atoms with E-state index in [9.17, 15) is 9.90 Å². The van der Waals surface area contributed by atoms with Crippen molar-refractivity contribution in [1.29, 1.82) is 5.26 Å². The third-order valence-electron chi connectivity index (χ3n) is 4.15. The van der Waals surface area contributed by atoms with Crippen molar-refractivity contribution >= 4 is 17.7 Å². The van der Waals surface area contributed by atoms with E-state index >= 15 is 0 Å². The first-order valence-electron chi connectivity index (χ1n) is 8.29. The number of anilines is 2. The lowest BCUT2D eigenvalue weighted by molar-refractivity contribution is -0.123. The Bertz CT molecular complexity index is 880. The second kappa shape index (κ2) is 6.59. The molecule has 0 aromatic carbocycles. The Hall–Kier alpha value is -3.21. The van der Waals surface area contributed by atoms with E-state index in [1.165, 1.54) is 6.20 Å². The lowest BCUT2D eigenvalue weighted by Gasteiger charge is -2.29. The Labute approximate surface area is 151 Å². The lowest BCUT2D eigenvalue weighted by atomic mass is 9.96. The number of carbonyl (C=O) groups excluding carboxylic acids is 1. The molecule has 0 bridgehead atoms. The number of hydrogen-bond donors (Lipinski definition) is 2. The van der Waals surface area contributed by atoms with E-state index in [1.807, 2.05) is 11.0 Å². The lowest BCUT2D eigenvalue weighted by Crippen LogP contribution is -2.33. The highest BCUT2D eigenvalue weighted by molar-refractivity contribution is 5.93. The van der Waals surface area contributed by atoms with Crippen molar-refractivity contribution in [1.82, 2.24) is 15.0 Å². The zero-order chi connectivity index (χ0) is 18.9. The van der Waals surface area contributed by atoms with Crippen LogP contribution in [0.25, 0.3) is 0 Å². The summed E-state index contributed by atoms with van der Waals surface area (Å²) in [7, 11) is 0. The van der Waals surface area contributed by atoms with Gasteiger partial charge in [0.15, 0.2) is 0 Å². The van der Waals surface area contributed by atoms with Crippen molar-refractivity contribution < 1.29 is 9.90 Å². The van der Waals surface area contributed by atoms with E-state index in [0.29, 0.717) is 36.3 Å². The van der Waals surface area contributed by atoms with Gasteiger partial charge in [-0.05, 0) is 18.6 Å². The van der Waals surface area contributed by atoms with E-state index < -0.39 is 5.41 Å². The summed E-state index contributed by atoms with van der Waals surface area (Å²) in [5.41, 5.74) is 1.24. The summed E-state index contributed by atoms with van der Waals surface area (Å²) < 4.78 is 0. The maximum Gasteiger partial charge on any atom is 0.233 e. The maximum atomic E-state index is 12.1. The quantitative estimate of drug-likeness (QED) is 0.849. The van der Waals surface area contributed by atoms with Gasteiger partial charge in [0.05, 0.1) is 17.8 Å². The summed E-state index contributed by atoms with van der Waals surface area (Å²) in [5.74, 6) is 0.494. The molecule has 2 aromatic heterocycles. The average molecular weight is 352 g/mol. The minimum Gasteiger partial charge on any atom is -0.493 e.